The molecule has 6 nitrogen and oxygen atoms in total. The van der Waals surface area contributed by atoms with Gasteiger partial charge in [-0.15, -0.1) is 0 Å². The van der Waals surface area contributed by atoms with Crippen molar-refractivity contribution >= 4 is 23.5 Å². The minimum Gasteiger partial charge on any atom is -0.392 e. The molecule has 0 aliphatic carbocycles. The molecule has 1 aromatic rings. The third kappa shape index (κ3) is 1.95. The number of barbiturate groups is 1. The van der Waals surface area contributed by atoms with E-state index in [0.29, 0.717) is 10.5 Å². The highest BCUT2D eigenvalue weighted by Crippen LogP contribution is 2.19. The van der Waals surface area contributed by atoms with E-state index in [9.17, 15) is 18.8 Å². The van der Waals surface area contributed by atoms with Crippen LogP contribution in [0.5, 0.6) is 0 Å². The van der Waals surface area contributed by atoms with Crippen LogP contribution in [0.15, 0.2) is 24.3 Å². The number of carbonyl (C=O) groups is 3. The van der Waals surface area contributed by atoms with E-state index in [2.05, 4.69) is 0 Å². The molecule has 1 aliphatic heterocycles. The number of carbonyl (C=O) groups excluding carboxylic acids is 3. The molecule has 0 saturated carbocycles. The number of halogens is 1. The predicted molar refractivity (Wildman–Crippen MR) is 58.3 cm³/mol. The molecule has 0 spiro atoms. The maximum Gasteiger partial charge on any atom is 0.335 e. The maximum atomic E-state index is 13.2. The Balaban J connectivity index is 2.33. The zero-order chi connectivity index (χ0) is 13.3. The van der Waals surface area contributed by atoms with Crippen LogP contribution in [-0.4, -0.2) is 29.1 Å². The SMILES string of the molecule is O=C1NC(=O)N(c2ccc(CO)cc2)C(=O)C1F. The lowest BCUT2D eigenvalue weighted by molar-refractivity contribution is -0.135. The van der Waals surface area contributed by atoms with Gasteiger partial charge in [0.1, 0.15) is 0 Å². The van der Waals surface area contributed by atoms with E-state index < -0.39 is 24.0 Å². The van der Waals surface area contributed by atoms with Gasteiger partial charge >= 0.3 is 6.03 Å². The van der Waals surface area contributed by atoms with Crippen molar-refractivity contribution in [3.05, 3.63) is 29.8 Å². The number of alkyl halides is 1. The first-order valence-corrected chi connectivity index (χ1v) is 5.07. The maximum absolute atomic E-state index is 13.2. The molecule has 1 atom stereocenters. The predicted octanol–water partition coefficient (Wildman–Crippen LogP) is 0.0998. The Morgan fingerprint density at radius 3 is 2.39 bits per heavy atom. The number of rotatable bonds is 2. The van der Waals surface area contributed by atoms with Crippen molar-refractivity contribution in [2.75, 3.05) is 4.90 Å². The zero-order valence-electron chi connectivity index (χ0n) is 9.09. The van der Waals surface area contributed by atoms with Crippen LogP contribution < -0.4 is 10.2 Å². The fourth-order valence-corrected chi connectivity index (χ4v) is 1.55. The summed E-state index contributed by atoms with van der Waals surface area (Å²) in [4.78, 5) is 34.4. The molecule has 4 amide bonds. The first kappa shape index (κ1) is 12.2. The Morgan fingerprint density at radius 1 is 1.22 bits per heavy atom. The van der Waals surface area contributed by atoms with Crippen LogP contribution in [-0.2, 0) is 16.2 Å². The molecule has 18 heavy (non-hydrogen) atoms. The Morgan fingerprint density at radius 2 is 1.83 bits per heavy atom. The average Bonchev–Trinajstić information content (AvgIpc) is 2.37. The van der Waals surface area contributed by atoms with Gasteiger partial charge in [0.05, 0.1) is 12.3 Å². The standard InChI is InChI=1S/C11H9FN2O4/c12-8-9(16)13-11(18)14(10(8)17)7-3-1-6(5-15)2-4-7/h1-4,8,15H,5H2,(H,13,16,18). The number of nitrogens with zero attached hydrogens (tertiary/aromatic N) is 1. The van der Waals surface area contributed by atoms with Gasteiger partial charge in [-0.2, -0.15) is 0 Å². The minimum atomic E-state index is -2.39. The number of hydrogen-bond acceptors (Lipinski definition) is 4. The van der Waals surface area contributed by atoms with Gasteiger partial charge in [-0.3, -0.25) is 14.9 Å². The molecule has 7 heteroatoms. The zero-order valence-corrected chi connectivity index (χ0v) is 9.09. The van der Waals surface area contributed by atoms with E-state index in [1.807, 2.05) is 0 Å². The molecule has 1 heterocycles. The fourth-order valence-electron chi connectivity index (χ4n) is 1.55. The average molecular weight is 252 g/mol. The van der Waals surface area contributed by atoms with Crippen LogP contribution in [0.1, 0.15) is 5.56 Å². The number of imide groups is 2. The molecule has 0 aromatic heterocycles. The van der Waals surface area contributed by atoms with Crippen molar-refractivity contribution < 1.29 is 23.9 Å². The summed E-state index contributed by atoms with van der Waals surface area (Å²) in [7, 11) is 0. The Labute approximate surface area is 101 Å². The van der Waals surface area contributed by atoms with Gasteiger partial charge in [0.15, 0.2) is 0 Å². The minimum absolute atomic E-state index is 0.129. The molecule has 2 N–H and O–H groups in total. The summed E-state index contributed by atoms with van der Waals surface area (Å²) < 4.78 is 13.2. The summed E-state index contributed by atoms with van der Waals surface area (Å²) in [6.45, 7) is -0.190. The second-order valence-electron chi connectivity index (χ2n) is 3.66. The molecule has 1 saturated heterocycles. The summed E-state index contributed by atoms with van der Waals surface area (Å²) in [6, 6.07) is 4.74. The number of aliphatic hydroxyl groups is 1. The van der Waals surface area contributed by atoms with E-state index in [1.165, 1.54) is 24.3 Å². The summed E-state index contributed by atoms with van der Waals surface area (Å²) in [6.07, 6.45) is -2.39. The van der Waals surface area contributed by atoms with Crippen LogP contribution in [0.3, 0.4) is 0 Å². The third-order valence-electron chi connectivity index (χ3n) is 2.48. The van der Waals surface area contributed by atoms with E-state index in [1.54, 1.807) is 5.32 Å². The molecule has 2 rings (SSSR count). The number of urea groups is 1. The fraction of sp³-hybridized carbons (Fsp3) is 0.182. The largest absolute Gasteiger partial charge is 0.392 e. The number of hydrogen-bond donors (Lipinski definition) is 2. The first-order chi connectivity index (χ1) is 8.54. The van der Waals surface area contributed by atoms with Crippen LogP contribution in [0, 0.1) is 0 Å². The van der Waals surface area contributed by atoms with Crippen LogP contribution in [0.2, 0.25) is 0 Å². The summed E-state index contributed by atoms with van der Waals surface area (Å²) in [5.41, 5.74) is 0.710. The smallest absolute Gasteiger partial charge is 0.335 e. The van der Waals surface area contributed by atoms with Gasteiger partial charge in [0.2, 0.25) is 0 Å². The molecule has 0 bridgehead atoms. The summed E-state index contributed by atoms with van der Waals surface area (Å²) in [5.74, 6) is -2.48. The van der Waals surface area contributed by atoms with Crippen LogP contribution in [0.25, 0.3) is 0 Å². The van der Waals surface area contributed by atoms with Gasteiger partial charge in [-0.25, -0.2) is 14.1 Å². The van der Waals surface area contributed by atoms with Crippen molar-refractivity contribution in [3.8, 4) is 0 Å². The van der Waals surface area contributed by atoms with E-state index >= 15 is 0 Å². The van der Waals surface area contributed by atoms with Gasteiger partial charge in [0, 0.05) is 0 Å². The molecular weight excluding hydrogens is 243 g/mol. The highest BCUT2D eigenvalue weighted by atomic mass is 19.1. The van der Waals surface area contributed by atoms with Crippen LogP contribution in [0.4, 0.5) is 14.9 Å². The van der Waals surface area contributed by atoms with E-state index in [0.717, 1.165) is 0 Å². The topological polar surface area (TPSA) is 86.7 Å². The second kappa shape index (κ2) is 4.53. The number of anilines is 1. The van der Waals surface area contributed by atoms with Crippen molar-refractivity contribution in [2.24, 2.45) is 0 Å². The Kier molecular flexibility index (Phi) is 3.07. The number of nitrogens with one attached hydrogen (secondary N) is 1. The monoisotopic (exact) mass is 252 g/mol. The van der Waals surface area contributed by atoms with Crippen molar-refractivity contribution in [3.63, 3.8) is 0 Å². The van der Waals surface area contributed by atoms with Gasteiger partial charge in [-0.05, 0) is 17.7 Å². The lowest BCUT2D eigenvalue weighted by Gasteiger charge is -2.26. The molecule has 1 unspecified atom stereocenters. The van der Waals surface area contributed by atoms with Gasteiger partial charge in [-0.1, -0.05) is 12.1 Å². The van der Waals surface area contributed by atoms with Gasteiger partial charge < -0.3 is 5.11 Å². The molecule has 1 aromatic carbocycles. The van der Waals surface area contributed by atoms with E-state index in [4.69, 9.17) is 5.11 Å². The third-order valence-corrected chi connectivity index (χ3v) is 2.48. The normalized spacial score (nSPS) is 20.0. The highest BCUT2D eigenvalue weighted by Gasteiger charge is 2.41. The van der Waals surface area contributed by atoms with Crippen molar-refractivity contribution in [2.45, 2.75) is 12.8 Å². The molecule has 94 valence electrons. The Hall–Kier alpha value is -2.28. The number of amides is 4. The quantitative estimate of drug-likeness (QED) is 0.731. The summed E-state index contributed by atoms with van der Waals surface area (Å²) >= 11 is 0. The second-order valence-corrected chi connectivity index (χ2v) is 3.66. The molecule has 0 radical (unpaired) electrons. The highest BCUT2D eigenvalue weighted by molar-refractivity contribution is 6.29. The molecule has 1 fully saturated rings. The molecular formula is C11H9FN2O4. The summed E-state index contributed by atoms with van der Waals surface area (Å²) in [5, 5.41) is 10.6. The van der Waals surface area contributed by atoms with E-state index in [-0.39, 0.29) is 12.3 Å². The van der Waals surface area contributed by atoms with Crippen molar-refractivity contribution in [1.82, 2.24) is 5.32 Å². The molecule has 1 aliphatic rings. The lowest BCUT2D eigenvalue weighted by atomic mass is 10.1. The lowest BCUT2D eigenvalue weighted by Crippen LogP contribution is -2.59. The first-order valence-electron chi connectivity index (χ1n) is 5.07. The van der Waals surface area contributed by atoms with Gasteiger partial charge in [0.25, 0.3) is 18.0 Å². The number of benzene rings is 1. The van der Waals surface area contributed by atoms with Crippen molar-refractivity contribution in [1.29, 1.82) is 0 Å². The van der Waals surface area contributed by atoms with Crippen LogP contribution >= 0.6 is 0 Å². The number of aliphatic hydroxyl groups excluding tert-OH is 1. The Bertz CT molecular complexity index is 514.